The maximum Gasteiger partial charge on any atom is 0.327 e. The number of rotatable bonds is 3. The standard InChI is InChI=1S/C13H13N3O3S/c1-3-11-14-15(7-12(17)19-2)13(18)9-6-10-8(16(9)11)4-5-20-10/h4-6H,3,7H2,1-2H3. The number of ether oxygens (including phenoxy) is 1. The molecule has 7 heteroatoms. The monoisotopic (exact) mass is 291 g/mol. The molecule has 0 saturated heterocycles. The highest BCUT2D eigenvalue weighted by atomic mass is 32.1. The maximum atomic E-state index is 12.4. The molecule has 0 unspecified atom stereocenters. The molecule has 0 saturated carbocycles. The van der Waals surface area contributed by atoms with Crippen LogP contribution in [0.25, 0.3) is 15.7 Å². The molecule has 0 aromatic carbocycles. The molecule has 3 heterocycles. The average molecular weight is 291 g/mol. The molecule has 3 aromatic heterocycles. The van der Waals surface area contributed by atoms with Gasteiger partial charge in [0.1, 0.15) is 17.9 Å². The van der Waals surface area contributed by atoms with E-state index in [-0.39, 0.29) is 12.1 Å². The smallest absolute Gasteiger partial charge is 0.327 e. The summed E-state index contributed by atoms with van der Waals surface area (Å²) < 4.78 is 8.66. The molecule has 3 rings (SSSR count). The van der Waals surface area contributed by atoms with Gasteiger partial charge in [0.15, 0.2) is 0 Å². The van der Waals surface area contributed by atoms with Crippen molar-refractivity contribution in [3.63, 3.8) is 0 Å². The Morgan fingerprint density at radius 3 is 2.95 bits per heavy atom. The lowest BCUT2D eigenvalue weighted by atomic mass is 10.4. The molecule has 0 aliphatic heterocycles. The SMILES string of the molecule is CCc1nn(CC(=O)OC)c(=O)c2cc3sccc3n12. The third-order valence-electron chi connectivity index (χ3n) is 3.19. The Labute approximate surface area is 118 Å². The molecule has 20 heavy (non-hydrogen) atoms. The fourth-order valence-corrected chi connectivity index (χ4v) is 3.05. The van der Waals surface area contributed by atoms with Crippen LogP contribution in [0.3, 0.4) is 0 Å². The van der Waals surface area contributed by atoms with Crippen LogP contribution in [-0.2, 0) is 22.5 Å². The predicted molar refractivity (Wildman–Crippen MR) is 76.2 cm³/mol. The summed E-state index contributed by atoms with van der Waals surface area (Å²) in [5.41, 5.74) is 1.25. The molecule has 0 N–H and O–H groups in total. The van der Waals surface area contributed by atoms with Gasteiger partial charge in [-0.05, 0) is 17.5 Å². The summed E-state index contributed by atoms with van der Waals surface area (Å²) in [7, 11) is 1.29. The van der Waals surface area contributed by atoms with Crippen molar-refractivity contribution in [2.45, 2.75) is 19.9 Å². The normalized spacial score (nSPS) is 11.3. The topological polar surface area (TPSA) is 65.6 Å². The second kappa shape index (κ2) is 4.75. The van der Waals surface area contributed by atoms with Gasteiger partial charge in [-0.2, -0.15) is 5.10 Å². The first-order chi connectivity index (χ1) is 9.65. The molecular formula is C13H13N3O3S. The first-order valence-corrected chi connectivity index (χ1v) is 7.09. The highest BCUT2D eigenvalue weighted by molar-refractivity contribution is 7.17. The number of fused-ring (bicyclic) bond motifs is 3. The van der Waals surface area contributed by atoms with E-state index in [2.05, 4.69) is 9.84 Å². The van der Waals surface area contributed by atoms with Crippen molar-refractivity contribution in [3.05, 3.63) is 33.7 Å². The van der Waals surface area contributed by atoms with Crippen LogP contribution in [-0.4, -0.2) is 27.3 Å². The van der Waals surface area contributed by atoms with E-state index < -0.39 is 5.97 Å². The van der Waals surface area contributed by atoms with E-state index in [1.807, 2.05) is 28.8 Å². The van der Waals surface area contributed by atoms with Crippen molar-refractivity contribution >= 4 is 33.0 Å². The fourth-order valence-electron chi connectivity index (χ4n) is 2.25. The van der Waals surface area contributed by atoms with Crippen molar-refractivity contribution in [2.75, 3.05) is 7.11 Å². The molecule has 0 atom stereocenters. The van der Waals surface area contributed by atoms with Gasteiger partial charge < -0.3 is 4.74 Å². The van der Waals surface area contributed by atoms with Gasteiger partial charge in [-0.25, -0.2) is 4.68 Å². The van der Waals surface area contributed by atoms with Crippen LogP contribution >= 0.6 is 11.3 Å². The van der Waals surface area contributed by atoms with Crippen molar-refractivity contribution in [1.82, 2.24) is 14.2 Å². The zero-order chi connectivity index (χ0) is 14.3. The lowest BCUT2D eigenvalue weighted by molar-refractivity contribution is -0.141. The second-order valence-corrected chi connectivity index (χ2v) is 5.29. The van der Waals surface area contributed by atoms with Crippen LogP contribution in [0.5, 0.6) is 0 Å². The molecule has 104 valence electrons. The molecule has 6 nitrogen and oxygen atoms in total. The minimum atomic E-state index is -0.487. The van der Waals surface area contributed by atoms with Crippen molar-refractivity contribution in [1.29, 1.82) is 0 Å². The number of aromatic nitrogens is 3. The Balaban J connectivity index is 2.32. The summed E-state index contributed by atoms with van der Waals surface area (Å²) >= 11 is 1.58. The number of thiophene rings is 1. The number of hydrogen-bond acceptors (Lipinski definition) is 5. The van der Waals surface area contributed by atoms with E-state index in [0.29, 0.717) is 11.9 Å². The van der Waals surface area contributed by atoms with Gasteiger partial charge >= 0.3 is 5.97 Å². The average Bonchev–Trinajstić information content (AvgIpc) is 3.02. The summed E-state index contributed by atoms with van der Waals surface area (Å²) in [4.78, 5) is 23.8. The van der Waals surface area contributed by atoms with E-state index in [4.69, 9.17) is 0 Å². The summed E-state index contributed by atoms with van der Waals surface area (Å²) in [5, 5.41) is 6.26. The van der Waals surface area contributed by atoms with Gasteiger partial charge in [0.05, 0.1) is 17.3 Å². The number of carbonyl (C=O) groups excluding carboxylic acids is 1. The van der Waals surface area contributed by atoms with Crippen LogP contribution in [0.2, 0.25) is 0 Å². The van der Waals surface area contributed by atoms with Crippen molar-refractivity contribution in [2.24, 2.45) is 0 Å². The Morgan fingerprint density at radius 2 is 2.25 bits per heavy atom. The lowest BCUT2D eigenvalue weighted by Gasteiger charge is -2.08. The fraction of sp³-hybridized carbons (Fsp3) is 0.308. The van der Waals surface area contributed by atoms with Crippen LogP contribution in [0.15, 0.2) is 22.3 Å². The van der Waals surface area contributed by atoms with Gasteiger partial charge in [-0.15, -0.1) is 11.3 Å². The number of esters is 1. The van der Waals surface area contributed by atoms with Crippen LogP contribution in [0, 0.1) is 0 Å². The highest BCUT2D eigenvalue weighted by Crippen LogP contribution is 2.24. The van der Waals surface area contributed by atoms with Gasteiger partial charge in [0, 0.05) is 6.42 Å². The van der Waals surface area contributed by atoms with Crippen molar-refractivity contribution in [3.8, 4) is 0 Å². The Hall–Kier alpha value is -2.15. The number of carbonyl (C=O) groups is 1. The second-order valence-electron chi connectivity index (χ2n) is 4.34. The third kappa shape index (κ3) is 1.82. The number of nitrogens with zero attached hydrogens (tertiary/aromatic N) is 3. The molecule has 0 aliphatic rings. The van der Waals surface area contributed by atoms with E-state index >= 15 is 0 Å². The summed E-state index contributed by atoms with van der Waals surface area (Å²) in [6.07, 6.45) is 0.664. The van der Waals surface area contributed by atoms with E-state index in [0.717, 1.165) is 16.0 Å². The van der Waals surface area contributed by atoms with Crippen LogP contribution < -0.4 is 5.56 Å². The molecule has 0 radical (unpaired) electrons. The van der Waals surface area contributed by atoms with E-state index in [1.165, 1.54) is 11.8 Å². The summed E-state index contributed by atoms with van der Waals surface area (Å²) in [6, 6.07) is 3.81. The molecule has 0 amide bonds. The van der Waals surface area contributed by atoms with Crippen molar-refractivity contribution < 1.29 is 9.53 Å². The van der Waals surface area contributed by atoms with Gasteiger partial charge in [-0.3, -0.25) is 14.0 Å². The van der Waals surface area contributed by atoms with Gasteiger partial charge in [-0.1, -0.05) is 6.92 Å². The Kier molecular flexibility index (Phi) is 3.06. The number of hydrogen-bond donors (Lipinski definition) is 0. The predicted octanol–water partition coefficient (Wildman–Crippen LogP) is 1.45. The molecule has 0 bridgehead atoms. The minimum Gasteiger partial charge on any atom is -0.468 e. The maximum absolute atomic E-state index is 12.4. The lowest BCUT2D eigenvalue weighted by Crippen LogP contribution is -2.30. The van der Waals surface area contributed by atoms with E-state index in [1.54, 1.807) is 11.3 Å². The minimum absolute atomic E-state index is 0.169. The number of methoxy groups -OCH3 is 1. The summed E-state index contributed by atoms with van der Waals surface area (Å²) in [5.74, 6) is 0.260. The molecule has 0 aliphatic carbocycles. The molecule has 0 fully saturated rings. The molecule has 3 aromatic rings. The highest BCUT2D eigenvalue weighted by Gasteiger charge is 2.15. The zero-order valence-corrected chi connectivity index (χ0v) is 11.9. The summed E-state index contributed by atoms with van der Waals surface area (Å²) in [6.45, 7) is 1.80. The van der Waals surface area contributed by atoms with E-state index in [9.17, 15) is 9.59 Å². The molecular weight excluding hydrogens is 278 g/mol. The zero-order valence-electron chi connectivity index (χ0n) is 11.1. The third-order valence-corrected chi connectivity index (χ3v) is 4.05. The first-order valence-electron chi connectivity index (χ1n) is 6.21. The molecule has 0 spiro atoms. The van der Waals surface area contributed by atoms with Crippen LogP contribution in [0.1, 0.15) is 12.7 Å². The van der Waals surface area contributed by atoms with Crippen LogP contribution in [0.4, 0.5) is 0 Å². The first kappa shape index (κ1) is 12.9. The Bertz CT molecular complexity index is 859. The quantitative estimate of drug-likeness (QED) is 0.685. The van der Waals surface area contributed by atoms with Gasteiger partial charge in [0.2, 0.25) is 0 Å². The van der Waals surface area contributed by atoms with Gasteiger partial charge in [0.25, 0.3) is 5.56 Å². The largest absolute Gasteiger partial charge is 0.468 e. The Morgan fingerprint density at radius 1 is 1.45 bits per heavy atom. The number of aryl methyl sites for hydroxylation is 1.